The van der Waals surface area contributed by atoms with Gasteiger partial charge in [0.2, 0.25) is 0 Å². The molecule has 5 nitrogen and oxygen atoms in total. The van der Waals surface area contributed by atoms with Crippen LogP contribution in [0.25, 0.3) is 5.65 Å². The average molecular weight is 309 g/mol. The van der Waals surface area contributed by atoms with Crippen LogP contribution in [0.1, 0.15) is 24.1 Å². The summed E-state index contributed by atoms with van der Waals surface area (Å²) in [6.07, 6.45) is 3.97. The van der Waals surface area contributed by atoms with E-state index in [1.165, 1.54) is 0 Å². The SMILES string of the molecule is Cc1cccn2c(=O)cc(CN3CCCC(N)C3)nc12.Cl. The molecule has 1 aliphatic rings. The monoisotopic (exact) mass is 308 g/mol. The molecule has 0 spiro atoms. The second kappa shape index (κ2) is 6.56. The number of nitrogens with zero attached hydrogens (tertiary/aromatic N) is 3. The number of aromatic nitrogens is 2. The summed E-state index contributed by atoms with van der Waals surface area (Å²) < 4.78 is 1.60. The van der Waals surface area contributed by atoms with Gasteiger partial charge in [-0.3, -0.25) is 14.1 Å². The number of hydrogen-bond acceptors (Lipinski definition) is 4. The smallest absolute Gasteiger partial charge is 0.258 e. The first-order chi connectivity index (χ1) is 9.63. The predicted octanol–water partition coefficient (Wildman–Crippen LogP) is 1.35. The maximum Gasteiger partial charge on any atom is 0.258 e. The summed E-state index contributed by atoms with van der Waals surface area (Å²) >= 11 is 0. The van der Waals surface area contributed by atoms with Crippen LogP contribution in [-0.4, -0.2) is 33.4 Å². The van der Waals surface area contributed by atoms with Crippen molar-refractivity contribution in [3.63, 3.8) is 0 Å². The summed E-state index contributed by atoms with van der Waals surface area (Å²) in [6, 6.07) is 5.72. The van der Waals surface area contributed by atoms with Crippen molar-refractivity contribution < 1.29 is 0 Å². The lowest BCUT2D eigenvalue weighted by Crippen LogP contribution is -2.42. The highest BCUT2D eigenvalue weighted by Gasteiger charge is 2.17. The Labute approximate surface area is 130 Å². The third-order valence-electron chi connectivity index (χ3n) is 3.87. The quantitative estimate of drug-likeness (QED) is 0.909. The third-order valence-corrected chi connectivity index (χ3v) is 3.87. The van der Waals surface area contributed by atoms with Crippen LogP contribution in [0.2, 0.25) is 0 Å². The summed E-state index contributed by atoms with van der Waals surface area (Å²) in [5.74, 6) is 0. The summed E-state index contributed by atoms with van der Waals surface area (Å²) in [5.41, 5.74) is 8.57. The van der Waals surface area contributed by atoms with Crippen molar-refractivity contribution in [3.8, 4) is 0 Å². The van der Waals surface area contributed by atoms with E-state index in [9.17, 15) is 4.79 Å². The van der Waals surface area contributed by atoms with Gasteiger partial charge in [-0.2, -0.15) is 0 Å². The first-order valence-corrected chi connectivity index (χ1v) is 7.09. The number of nitrogens with two attached hydrogens (primary N) is 1. The Morgan fingerprint density at radius 2 is 2.29 bits per heavy atom. The normalized spacial score (nSPS) is 19.4. The van der Waals surface area contributed by atoms with E-state index < -0.39 is 0 Å². The van der Waals surface area contributed by atoms with E-state index in [-0.39, 0.29) is 24.0 Å². The van der Waals surface area contributed by atoms with Gasteiger partial charge in [0.25, 0.3) is 5.56 Å². The summed E-state index contributed by atoms with van der Waals surface area (Å²) in [4.78, 5) is 19.1. The Morgan fingerprint density at radius 1 is 1.48 bits per heavy atom. The van der Waals surface area contributed by atoms with Crippen LogP contribution in [0, 0.1) is 6.92 Å². The van der Waals surface area contributed by atoms with Gasteiger partial charge >= 0.3 is 0 Å². The molecular weight excluding hydrogens is 288 g/mol. The third kappa shape index (κ3) is 3.43. The van der Waals surface area contributed by atoms with Crippen LogP contribution in [0.3, 0.4) is 0 Å². The Kier molecular flexibility index (Phi) is 4.98. The maximum atomic E-state index is 12.1. The number of aryl methyl sites for hydroxylation is 1. The van der Waals surface area contributed by atoms with Gasteiger partial charge in [-0.1, -0.05) is 6.07 Å². The van der Waals surface area contributed by atoms with E-state index in [0.29, 0.717) is 6.54 Å². The molecule has 2 aromatic heterocycles. The molecule has 3 heterocycles. The number of fused-ring (bicyclic) bond motifs is 1. The van der Waals surface area contributed by atoms with Crippen LogP contribution in [-0.2, 0) is 6.54 Å². The molecule has 1 aliphatic heterocycles. The minimum absolute atomic E-state index is 0. The first-order valence-electron chi connectivity index (χ1n) is 7.09. The van der Waals surface area contributed by atoms with Crippen LogP contribution in [0.15, 0.2) is 29.2 Å². The molecule has 0 bridgehead atoms. The number of rotatable bonds is 2. The van der Waals surface area contributed by atoms with Crippen LogP contribution in [0.4, 0.5) is 0 Å². The Hall–Kier alpha value is -1.43. The zero-order chi connectivity index (χ0) is 14.1. The Balaban J connectivity index is 0.00000161. The fourth-order valence-corrected chi connectivity index (χ4v) is 2.85. The first kappa shape index (κ1) is 15.9. The predicted molar refractivity (Wildman–Crippen MR) is 85.9 cm³/mol. The molecule has 2 N–H and O–H groups in total. The van der Waals surface area contributed by atoms with Gasteiger partial charge in [-0.25, -0.2) is 4.98 Å². The fourth-order valence-electron chi connectivity index (χ4n) is 2.85. The maximum absolute atomic E-state index is 12.1. The standard InChI is InChI=1S/C15H20N4O.ClH/c1-11-4-2-7-19-14(20)8-13(17-15(11)19)10-18-6-3-5-12(16)9-18;/h2,4,7-8,12H,3,5-6,9-10,16H2,1H3;1H. The van der Waals surface area contributed by atoms with Crippen molar-refractivity contribution >= 4 is 18.1 Å². The van der Waals surface area contributed by atoms with Crippen molar-refractivity contribution in [1.29, 1.82) is 0 Å². The van der Waals surface area contributed by atoms with Gasteiger partial charge in [0.05, 0.1) is 5.69 Å². The molecule has 1 atom stereocenters. The molecule has 0 aromatic carbocycles. The molecule has 114 valence electrons. The number of likely N-dealkylation sites (tertiary alicyclic amines) is 1. The van der Waals surface area contributed by atoms with Crippen LogP contribution >= 0.6 is 12.4 Å². The van der Waals surface area contributed by atoms with Crippen molar-refractivity contribution in [1.82, 2.24) is 14.3 Å². The van der Waals surface area contributed by atoms with Gasteiger partial charge in [0.1, 0.15) is 5.65 Å². The van der Waals surface area contributed by atoms with Crippen molar-refractivity contribution in [2.45, 2.75) is 32.4 Å². The van der Waals surface area contributed by atoms with Gasteiger partial charge < -0.3 is 5.73 Å². The van der Waals surface area contributed by atoms with Crippen molar-refractivity contribution in [3.05, 3.63) is 46.0 Å². The highest BCUT2D eigenvalue weighted by Crippen LogP contribution is 2.12. The molecule has 0 radical (unpaired) electrons. The molecule has 21 heavy (non-hydrogen) atoms. The molecule has 3 rings (SSSR count). The zero-order valence-corrected chi connectivity index (χ0v) is 13.0. The van der Waals surface area contributed by atoms with Crippen molar-refractivity contribution in [2.75, 3.05) is 13.1 Å². The molecular formula is C15H21ClN4O. The second-order valence-corrected chi connectivity index (χ2v) is 5.61. The van der Waals surface area contributed by atoms with Crippen LogP contribution < -0.4 is 11.3 Å². The van der Waals surface area contributed by atoms with Gasteiger partial charge in [-0.15, -0.1) is 12.4 Å². The average Bonchev–Trinajstić information content (AvgIpc) is 2.40. The fraction of sp³-hybridized carbons (Fsp3) is 0.467. The zero-order valence-electron chi connectivity index (χ0n) is 12.2. The molecule has 0 amide bonds. The van der Waals surface area contributed by atoms with E-state index in [0.717, 1.165) is 42.8 Å². The molecule has 1 unspecified atom stereocenters. The highest BCUT2D eigenvalue weighted by atomic mass is 35.5. The number of hydrogen-bond donors (Lipinski definition) is 1. The topological polar surface area (TPSA) is 63.6 Å². The summed E-state index contributed by atoms with van der Waals surface area (Å²) in [6.45, 7) is 4.59. The number of pyridine rings is 1. The summed E-state index contributed by atoms with van der Waals surface area (Å²) in [5, 5.41) is 0. The minimum atomic E-state index is -0.0185. The number of piperidine rings is 1. The number of halogens is 1. The van der Waals surface area contributed by atoms with Gasteiger partial charge in [0.15, 0.2) is 0 Å². The van der Waals surface area contributed by atoms with Crippen molar-refractivity contribution in [2.24, 2.45) is 5.73 Å². The lowest BCUT2D eigenvalue weighted by atomic mass is 10.1. The minimum Gasteiger partial charge on any atom is -0.327 e. The lowest BCUT2D eigenvalue weighted by Gasteiger charge is -2.30. The highest BCUT2D eigenvalue weighted by molar-refractivity contribution is 5.85. The summed E-state index contributed by atoms with van der Waals surface area (Å²) in [7, 11) is 0. The molecule has 1 fully saturated rings. The molecule has 0 aliphatic carbocycles. The Morgan fingerprint density at radius 3 is 3.05 bits per heavy atom. The molecule has 1 saturated heterocycles. The van der Waals surface area contributed by atoms with E-state index in [1.807, 2.05) is 19.1 Å². The Bertz CT molecular complexity index is 685. The van der Waals surface area contributed by atoms with E-state index in [2.05, 4.69) is 9.88 Å². The lowest BCUT2D eigenvalue weighted by molar-refractivity contribution is 0.199. The molecule has 6 heteroatoms. The van der Waals surface area contributed by atoms with E-state index >= 15 is 0 Å². The molecule has 0 saturated carbocycles. The second-order valence-electron chi connectivity index (χ2n) is 5.61. The van der Waals surface area contributed by atoms with Gasteiger partial charge in [-0.05, 0) is 37.9 Å². The van der Waals surface area contributed by atoms with Crippen LogP contribution in [0.5, 0.6) is 0 Å². The molecule has 2 aromatic rings. The van der Waals surface area contributed by atoms with E-state index in [1.54, 1.807) is 16.7 Å². The largest absolute Gasteiger partial charge is 0.327 e. The van der Waals surface area contributed by atoms with E-state index in [4.69, 9.17) is 5.73 Å². The van der Waals surface area contributed by atoms with Gasteiger partial charge in [0, 0.05) is 31.4 Å².